The molecule has 3 amide bonds. The molecule has 0 bridgehead atoms. The van der Waals surface area contributed by atoms with Crippen LogP contribution in [0.15, 0.2) is 48.5 Å². The fraction of sp³-hybridized carbons (Fsp3) is 0.364. The van der Waals surface area contributed by atoms with Gasteiger partial charge in [-0.05, 0) is 24.6 Å². The zero-order chi connectivity index (χ0) is 20.8. The molecular formula is C22H27N3O4. The summed E-state index contributed by atoms with van der Waals surface area (Å²) in [6.45, 7) is 3.48. The number of methoxy groups -OCH3 is 2. The topological polar surface area (TPSA) is 71.1 Å². The summed E-state index contributed by atoms with van der Waals surface area (Å²) in [5.74, 6) is 1.13. The number of benzene rings is 2. The van der Waals surface area contributed by atoms with Crippen molar-refractivity contribution in [1.29, 1.82) is 0 Å². The van der Waals surface area contributed by atoms with Gasteiger partial charge in [-0.2, -0.15) is 0 Å². The van der Waals surface area contributed by atoms with E-state index in [2.05, 4.69) is 5.32 Å². The summed E-state index contributed by atoms with van der Waals surface area (Å²) in [6.07, 6.45) is 0.267. The predicted octanol–water partition coefficient (Wildman–Crippen LogP) is 3.04. The van der Waals surface area contributed by atoms with Crippen LogP contribution in [-0.4, -0.2) is 50.2 Å². The summed E-state index contributed by atoms with van der Waals surface area (Å²) in [4.78, 5) is 28.7. The minimum atomic E-state index is -0.243. The van der Waals surface area contributed by atoms with Gasteiger partial charge in [-0.1, -0.05) is 30.3 Å². The zero-order valence-corrected chi connectivity index (χ0v) is 17.1. The molecule has 0 saturated carbocycles. The third kappa shape index (κ3) is 4.80. The van der Waals surface area contributed by atoms with Gasteiger partial charge in [0.15, 0.2) is 11.5 Å². The van der Waals surface area contributed by atoms with Crippen LogP contribution in [-0.2, 0) is 11.3 Å². The van der Waals surface area contributed by atoms with Gasteiger partial charge in [-0.3, -0.25) is 4.79 Å². The van der Waals surface area contributed by atoms with Crippen molar-refractivity contribution in [2.24, 2.45) is 0 Å². The number of hydrogen-bond acceptors (Lipinski definition) is 4. The van der Waals surface area contributed by atoms with E-state index in [9.17, 15) is 9.59 Å². The van der Waals surface area contributed by atoms with E-state index >= 15 is 0 Å². The fourth-order valence-corrected chi connectivity index (χ4v) is 3.44. The van der Waals surface area contributed by atoms with Gasteiger partial charge in [0, 0.05) is 37.8 Å². The Morgan fingerprint density at radius 1 is 1.14 bits per heavy atom. The molecule has 2 aromatic carbocycles. The standard InChI is InChI=1S/C22H27N3O4/c1-4-24(14-16-8-6-5-7-9-16)22(27)23-17-12-21(26)25(15-17)18-10-11-19(28-2)20(13-18)29-3/h5-11,13,17H,4,12,14-15H2,1-3H3,(H,23,27)/t17-/m0/s1. The van der Waals surface area contributed by atoms with E-state index in [1.165, 1.54) is 0 Å². The lowest BCUT2D eigenvalue weighted by Gasteiger charge is -2.24. The average Bonchev–Trinajstić information content (AvgIpc) is 3.11. The van der Waals surface area contributed by atoms with Crippen LogP contribution >= 0.6 is 0 Å². The number of hydrogen-bond donors (Lipinski definition) is 1. The largest absolute Gasteiger partial charge is 0.493 e. The molecule has 29 heavy (non-hydrogen) atoms. The Hall–Kier alpha value is -3.22. The average molecular weight is 397 g/mol. The van der Waals surface area contributed by atoms with Crippen LogP contribution in [0.4, 0.5) is 10.5 Å². The number of carbonyl (C=O) groups is 2. The molecule has 0 unspecified atom stereocenters. The molecule has 7 nitrogen and oxygen atoms in total. The quantitative estimate of drug-likeness (QED) is 0.780. The molecule has 3 rings (SSSR count). The molecule has 0 aliphatic carbocycles. The van der Waals surface area contributed by atoms with E-state index in [1.54, 1.807) is 36.2 Å². The van der Waals surface area contributed by atoms with Crippen molar-refractivity contribution in [3.63, 3.8) is 0 Å². The van der Waals surface area contributed by atoms with Crippen LogP contribution in [0.1, 0.15) is 18.9 Å². The summed E-state index contributed by atoms with van der Waals surface area (Å²) in [6, 6.07) is 14.8. The highest BCUT2D eigenvalue weighted by atomic mass is 16.5. The summed E-state index contributed by atoms with van der Waals surface area (Å²) in [5, 5.41) is 3.00. The maximum atomic E-state index is 12.7. The van der Waals surface area contributed by atoms with Crippen molar-refractivity contribution in [2.45, 2.75) is 25.9 Å². The van der Waals surface area contributed by atoms with Crippen LogP contribution in [0.5, 0.6) is 11.5 Å². The number of carbonyl (C=O) groups excluding carboxylic acids is 2. The van der Waals surface area contributed by atoms with Crippen LogP contribution in [0, 0.1) is 0 Å². The Morgan fingerprint density at radius 2 is 1.86 bits per heavy atom. The Labute approximate surface area is 171 Å². The number of ether oxygens (including phenoxy) is 2. The number of rotatable bonds is 7. The van der Waals surface area contributed by atoms with Gasteiger partial charge in [0.05, 0.1) is 20.3 Å². The predicted molar refractivity (Wildman–Crippen MR) is 111 cm³/mol. The first kappa shape index (κ1) is 20.5. The molecule has 2 aromatic rings. The third-order valence-corrected chi connectivity index (χ3v) is 5.02. The second-order valence-corrected chi connectivity index (χ2v) is 6.89. The molecule has 0 aromatic heterocycles. The smallest absolute Gasteiger partial charge is 0.317 e. The summed E-state index contributed by atoms with van der Waals surface area (Å²) in [5.41, 5.74) is 1.79. The lowest BCUT2D eigenvalue weighted by Crippen LogP contribution is -2.45. The van der Waals surface area contributed by atoms with Gasteiger partial charge in [-0.25, -0.2) is 4.79 Å². The molecule has 1 aliphatic rings. The van der Waals surface area contributed by atoms with Gasteiger partial charge < -0.3 is 24.6 Å². The summed E-state index contributed by atoms with van der Waals surface area (Å²) < 4.78 is 10.6. The first-order valence-electron chi connectivity index (χ1n) is 9.67. The van der Waals surface area contributed by atoms with E-state index in [4.69, 9.17) is 9.47 Å². The van der Waals surface area contributed by atoms with Crippen molar-refractivity contribution in [2.75, 3.05) is 32.2 Å². The molecule has 1 saturated heterocycles. The lowest BCUT2D eigenvalue weighted by molar-refractivity contribution is -0.117. The maximum Gasteiger partial charge on any atom is 0.317 e. The van der Waals surface area contributed by atoms with Gasteiger partial charge >= 0.3 is 6.03 Å². The van der Waals surface area contributed by atoms with Gasteiger partial charge in [0.1, 0.15) is 0 Å². The molecular weight excluding hydrogens is 370 g/mol. The van der Waals surface area contributed by atoms with E-state index < -0.39 is 0 Å². The molecule has 1 heterocycles. The van der Waals surface area contributed by atoms with Crippen LogP contribution in [0.25, 0.3) is 0 Å². The molecule has 1 fully saturated rings. The van der Waals surface area contributed by atoms with Crippen molar-refractivity contribution in [3.05, 3.63) is 54.1 Å². The number of anilines is 1. The highest BCUT2D eigenvalue weighted by molar-refractivity contribution is 5.97. The Morgan fingerprint density at radius 3 is 2.52 bits per heavy atom. The van der Waals surface area contributed by atoms with Crippen LogP contribution in [0.2, 0.25) is 0 Å². The summed E-state index contributed by atoms with van der Waals surface area (Å²) in [7, 11) is 3.13. The van der Waals surface area contributed by atoms with E-state index in [1.807, 2.05) is 43.3 Å². The molecule has 0 radical (unpaired) electrons. The second-order valence-electron chi connectivity index (χ2n) is 6.89. The zero-order valence-electron chi connectivity index (χ0n) is 17.1. The molecule has 1 atom stereocenters. The fourth-order valence-electron chi connectivity index (χ4n) is 3.44. The molecule has 0 spiro atoms. The Bertz CT molecular complexity index is 856. The Balaban J connectivity index is 1.64. The van der Waals surface area contributed by atoms with Crippen LogP contribution in [0.3, 0.4) is 0 Å². The minimum Gasteiger partial charge on any atom is -0.493 e. The molecule has 7 heteroatoms. The Kier molecular flexibility index (Phi) is 6.59. The maximum absolute atomic E-state index is 12.7. The number of nitrogens with zero attached hydrogens (tertiary/aromatic N) is 2. The number of urea groups is 1. The van der Waals surface area contributed by atoms with E-state index in [0.717, 1.165) is 11.3 Å². The lowest BCUT2D eigenvalue weighted by atomic mass is 10.2. The monoisotopic (exact) mass is 397 g/mol. The second kappa shape index (κ2) is 9.32. The van der Waals surface area contributed by atoms with Crippen molar-refractivity contribution in [1.82, 2.24) is 10.2 Å². The third-order valence-electron chi connectivity index (χ3n) is 5.02. The number of nitrogens with one attached hydrogen (secondary N) is 1. The van der Waals surface area contributed by atoms with Gasteiger partial charge in [0.2, 0.25) is 5.91 Å². The first-order chi connectivity index (χ1) is 14.0. The van der Waals surface area contributed by atoms with Crippen molar-refractivity contribution < 1.29 is 19.1 Å². The highest BCUT2D eigenvalue weighted by Crippen LogP contribution is 2.33. The minimum absolute atomic E-state index is 0.0337. The highest BCUT2D eigenvalue weighted by Gasteiger charge is 2.32. The first-order valence-corrected chi connectivity index (χ1v) is 9.67. The van der Waals surface area contributed by atoms with E-state index in [-0.39, 0.29) is 24.4 Å². The summed E-state index contributed by atoms with van der Waals surface area (Å²) >= 11 is 0. The van der Waals surface area contributed by atoms with Gasteiger partial charge in [0.25, 0.3) is 0 Å². The van der Waals surface area contributed by atoms with Crippen molar-refractivity contribution >= 4 is 17.6 Å². The normalized spacial score (nSPS) is 15.9. The number of amides is 3. The molecule has 1 aliphatic heterocycles. The SMILES string of the molecule is CCN(Cc1ccccc1)C(=O)N[C@H]1CC(=O)N(c2ccc(OC)c(OC)c2)C1. The van der Waals surface area contributed by atoms with Gasteiger partial charge in [-0.15, -0.1) is 0 Å². The van der Waals surface area contributed by atoms with Crippen molar-refractivity contribution in [3.8, 4) is 11.5 Å². The molecule has 1 N–H and O–H groups in total. The molecule has 154 valence electrons. The van der Waals surface area contributed by atoms with E-state index in [0.29, 0.717) is 31.1 Å². The van der Waals surface area contributed by atoms with Crippen LogP contribution < -0.4 is 19.7 Å².